The van der Waals surface area contributed by atoms with Crippen LogP contribution in [0.5, 0.6) is 0 Å². The standard InChI is InChI=1S/C6H13NO4/c7-4(6(10)11)2-1-3-5(8)9/h4-5,8-9H,1-3,7H2,(H,10,11)/t4-/m0/s1. The Bertz CT molecular complexity index is 126. The highest BCUT2D eigenvalue weighted by atomic mass is 16.5. The van der Waals surface area contributed by atoms with Crippen LogP contribution >= 0.6 is 0 Å². The van der Waals surface area contributed by atoms with Gasteiger partial charge in [0.25, 0.3) is 0 Å². The minimum absolute atomic E-state index is 0.168. The van der Waals surface area contributed by atoms with Crippen molar-refractivity contribution in [1.82, 2.24) is 0 Å². The van der Waals surface area contributed by atoms with E-state index in [4.69, 9.17) is 21.1 Å². The quantitative estimate of drug-likeness (QED) is 0.384. The molecule has 11 heavy (non-hydrogen) atoms. The Kier molecular flexibility index (Phi) is 4.76. The summed E-state index contributed by atoms with van der Waals surface area (Å²) < 4.78 is 0. The number of hydrogen-bond donors (Lipinski definition) is 4. The van der Waals surface area contributed by atoms with Crippen LogP contribution in [-0.4, -0.2) is 33.6 Å². The molecule has 0 aromatic carbocycles. The molecule has 0 aliphatic carbocycles. The van der Waals surface area contributed by atoms with Gasteiger partial charge < -0.3 is 21.1 Å². The van der Waals surface area contributed by atoms with Crippen molar-refractivity contribution in [3.05, 3.63) is 0 Å². The van der Waals surface area contributed by atoms with Gasteiger partial charge in [0, 0.05) is 0 Å². The zero-order valence-electron chi connectivity index (χ0n) is 6.10. The van der Waals surface area contributed by atoms with E-state index in [1.54, 1.807) is 0 Å². The van der Waals surface area contributed by atoms with Gasteiger partial charge >= 0.3 is 5.97 Å². The van der Waals surface area contributed by atoms with Gasteiger partial charge in [-0.25, -0.2) is 0 Å². The molecule has 0 bridgehead atoms. The third kappa shape index (κ3) is 5.78. The lowest BCUT2D eigenvalue weighted by Gasteiger charge is -2.06. The first-order chi connectivity index (χ1) is 5.04. The van der Waals surface area contributed by atoms with Crippen LogP contribution in [-0.2, 0) is 4.79 Å². The minimum Gasteiger partial charge on any atom is -0.480 e. The predicted octanol–water partition coefficient (Wildman–Crippen LogP) is -1.12. The summed E-state index contributed by atoms with van der Waals surface area (Å²) in [5, 5.41) is 25.0. The summed E-state index contributed by atoms with van der Waals surface area (Å²) in [6, 6.07) is -0.895. The highest BCUT2D eigenvalue weighted by molar-refractivity contribution is 5.72. The van der Waals surface area contributed by atoms with Crippen molar-refractivity contribution in [3.63, 3.8) is 0 Å². The van der Waals surface area contributed by atoms with E-state index in [0.717, 1.165) is 0 Å². The van der Waals surface area contributed by atoms with E-state index in [0.29, 0.717) is 6.42 Å². The van der Waals surface area contributed by atoms with E-state index in [9.17, 15) is 4.79 Å². The van der Waals surface area contributed by atoms with Gasteiger partial charge in [0.2, 0.25) is 0 Å². The predicted molar refractivity (Wildman–Crippen MR) is 37.7 cm³/mol. The first-order valence-electron chi connectivity index (χ1n) is 3.38. The molecular weight excluding hydrogens is 150 g/mol. The van der Waals surface area contributed by atoms with E-state index in [1.807, 2.05) is 0 Å². The molecule has 0 aliphatic heterocycles. The summed E-state index contributed by atoms with van der Waals surface area (Å²) in [4.78, 5) is 10.1. The smallest absolute Gasteiger partial charge is 0.320 e. The maximum Gasteiger partial charge on any atom is 0.320 e. The largest absolute Gasteiger partial charge is 0.480 e. The summed E-state index contributed by atoms with van der Waals surface area (Å²) >= 11 is 0. The molecule has 1 atom stereocenters. The van der Waals surface area contributed by atoms with Crippen molar-refractivity contribution in [3.8, 4) is 0 Å². The average molecular weight is 163 g/mol. The molecule has 0 radical (unpaired) electrons. The summed E-state index contributed by atoms with van der Waals surface area (Å²) in [6.45, 7) is 0. The number of carboxylic acid groups (broad SMARTS) is 1. The summed E-state index contributed by atoms with van der Waals surface area (Å²) in [5.74, 6) is -1.06. The third-order valence-corrected chi connectivity index (χ3v) is 1.29. The highest BCUT2D eigenvalue weighted by Crippen LogP contribution is 2.00. The second-order valence-corrected chi connectivity index (χ2v) is 2.36. The zero-order valence-corrected chi connectivity index (χ0v) is 6.10. The lowest BCUT2D eigenvalue weighted by atomic mass is 10.1. The van der Waals surface area contributed by atoms with Crippen LogP contribution in [0.1, 0.15) is 19.3 Å². The fourth-order valence-electron chi connectivity index (χ4n) is 0.644. The molecule has 0 amide bonds. The van der Waals surface area contributed by atoms with Gasteiger partial charge in [0.1, 0.15) is 6.04 Å². The molecule has 0 saturated carbocycles. The van der Waals surface area contributed by atoms with Crippen LogP contribution in [0.4, 0.5) is 0 Å². The Morgan fingerprint density at radius 1 is 1.36 bits per heavy atom. The van der Waals surface area contributed by atoms with E-state index in [2.05, 4.69) is 0 Å². The van der Waals surface area contributed by atoms with Gasteiger partial charge in [-0.15, -0.1) is 0 Å². The van der Waals surface area contributed by atoms with Crippen LogP contribution in [0.3, 0.4) is 0 Å². The van der Waals surface area contributed by atoms with Crippen molar-refractivity contribution >= 4 is 5.97 Å². The second kappa shape index (κ2) is 5.06. The number of aliphatic hydroxyl groups excluding tert-OH is 1. The van der Waals surface area contributed by atoms with Crippen LogP contribution in [0.2, 0.25) is 0 Å². The zero-order chi connectivity index (χ0) is 8.85. The number of hydrogen-bond acceptors (Lipinski definition) is 4. The molecule has 0 rings (SSSR count). The molecule has 0 heterocycles. The molecule has 0 fully saturated rings. The summed E-state index contributed by atoms with van der Waals surface area (Å²) in [5.41, 5.74) is 5.14. The van der Waals surface area contributed by atoms with Gasteiger partial charge in [-0.1, -0.05) is 0 Å². The molecular formula is C6H13NO4. The van der Waals surface area contributed by atoms with Crippen LogP contribution in [0.15, 0.2) is 0 Å². The monoisotopic (exact) mass is 163 g/mol. The Labute approximate surface area is 64.4 Å². The molecule has 0 unspecified atom stereocenters. The Balaban J connectivity index is 3.31. The van der Waals surface area contributed by atoms with Crippen LogP contribution in [0.25, 0.3) is 0 Å². The van der Waals surface area contributed by atoms with Gasteiger partial charge in [-0.3, -0.25) is 4.79 Å². The van der Waals surface area contributed by atoms with Gasteiger partial charge in [0.05, 0.1) is 0 Å². The molecule has 66 valence electrons. The van der Waals surface area contributed by atoms with Crippen molar-refractivity contribution in [2.75, 3.05) is 0 Å². The van der Waals surface area contributed by atoms with Crippen molar-refractivity contribution in [2.45, 2.75) is 31.6 Å². The van der Waals surface area contributed by atoms with E-state index in [-0.39, 0.29) is 12.8 Å². The second-order valence-electron chi connectivity index (χ2n) is 2.36. The van der Waals surface area contributed by atoms with Gasteiger partial charge in [-0.05, 0) is 19.3 Å². The maximum absolute atomic E-state index is 10.1. The fourth-order valence-corrected chi connectivity index (χ4v) is 0.644. The Hall–Kier alpha value is -0.650. The fraction of sp³-hybridized carbons (Fsp3) is 0.833. The lowest BCUT2D eigenvalue weighted by molar-refractivity contribution is -0.138. The molecule has 5 nitrogen and oxygen atoms in total. The highest BCUT2D eigenvalue weighted by Gasteiger charge is 2.10. The van der Waals surface area contributed by atoms with Gasteiger partial charge in [-0.2, -0.15) is 0 Å². The van der Waals surface area contributed by atoms with E-state index in [1.165, 1.54) is 0 Å². The number of nitrogens with two attached hydrogens (primary N) is 1. The van der Waals surface area contributed by atoms with E-state index >= 15 is 0 Å². The summed E-state index contributed by atoms with van der Waals surface area (Å²) in [6.07, 6.45) is -0.519. The normalized spacial score (nSPS) is 13.5. The summed E-state index contributed by atoms with van der Waals surface area (Å²) in [7, 11) is 0. The SMILES string of the molecule is N[C@@H](CCCC(O)O)C(=O)O. The molecule has 5 N–H and O–H groups in total. The van der Waals surface area contributed by atoms with Crippen molar-refractivity contribution in [1.29, 1.82) is 0 Å². The number of rotatable bonds is 5. The Morgan fingerprint density at radius 3 is 2.27 bits per heavy atom. The topological polar surface area (TPSA) is 104 Å². The van der Waals surface area contributed by atoms with Crippen LogP contribution in [0, 0.1) is 0 Å². The van der Waals surface area contributed by atoms with Crippen molar-refractivity contribution in [2.24, 2.45) is 5.73 Å². The lowest BCUT2D eigenvalue weighted by Crippen LogP contribution is -2.30. The molecule has 0 aliphatic rings. The third-order valence-electron chi connectivity index (χ3n) is 1.29. The van der Waals surface area contributed by atoms with Crippen LogP contribution < -0.4 is 5.73 Å². The van der Waals surface area contributed by atoms with E-state index < -0.39 is 18.3 Å². The number of aliphatic carboxylic acids is 1. The first kappa shape index (κ1) is 10.3. The molecule has 0 spiro atoms. The molecule has 5 heteroatoms. The molecule has 0 aromatic rings. The first-order valence-corrected chi connectivity index (χ1v) is 3.38. The maximum atomic E-state index is 10.1. The Morgan fingerprint density at radius 2 is 1.91 bits per heavy atom. The van der Waals surface area contributed by atoms with Gasteiger partial charge in [0.15, 0.2) is 6.29 Å². The molecule has 0 saturated heterocycles. The number of aliphatic hydroxyl groups is 2. The number of carbonyl (C=O) groups is 1. The number of carboxylic acids is 1. The molecule has 0 aromatic heterocycles. The average Bonchev–Trinajstić information content (AvgIpc) is 1.86. The minimum atomic E-state index is -1.36. The van der Waals surface area contributed by atoms with Crippen molar-refractivity contribution < 1.29 is 20.1 Å².